The van der Waals surface area contributed by atoms with E-state index >= 15 is 0 Å². The van der Waals surface area contributed by atoms with Crippen molar-refractivity contribution in [3.63, 3.8) is 0 Å². The number of ether oxygens (including phenoxy) is 1. The number of nitrogens with one attached hydrogen (secondary N) is 1. The van der Waals surface area contributed by atoms with Crippen LogP contribution in [0, 0.1) is 0 Å². The number of amides is 1. The van der Waals surface area contributed by atoms with Gasteiger partial charge in [-0.25, -0.2) is 4.98 Å². The van der Waals surface area contributed by atoms with Crippen LogP contribution in [0.5, 0.6) is 5.88 Å². The summed E-state index contributed by atoms with van der Waals surface area (Å²) in [5, 5.41) is 10.4. The number of aromatic nitrogens is 3. The number of thioether (sulfide) groups is 1. The van der Waals surface area contributed by atoms with Crippen LogP contribution in [0.1, 0.15) is 18.1 Å². The highest BCUT2D eigenvalue weighted by atomic mass is 32.2. The lowest BCUT2D eigenvalue weighted by atomic mass is 10.2. The molecule has 1 unspecified atom stereocenters. The van der Waals surface area contributed by atoms with Crippen molar-refractivity contribution in [3.8, 4) is 5.88 Å². The fourth-order valence-electron chi connectivity index (χ4n) is 2.12. The highest BCUT2D eigenvalue weighted by Crippen LogP contribution is 2.24. The Morgan fingerprint density at radius 3 is 2.88 bits per heavy atom. The quantitative estimate of drug-likeness (QED) is 0.599. The van der Waals surface area contributed by atoms with E-state index in [1.807, 2.05) is 49.4 Å². The minimum absolute atomic E-state index is 0.0474. The number of hydrogen-bond acceptors (Lipinski definition) is 7. The van der Waals surface area contributed by atoms with E-state index in [2.05, 4.69) is 20.5 Å². The maximum Gasteiger partial charge on any atom is 0.233 e. The molecule has 0 aliphatic heterocycles. The fraction of sp³-hybridized carbons (Fsp3) is 0.222. The van der Waals surface area contributed by atoms with Crippen molar-refractivity contribution in [2.24, 2.45) is 0 Å². The van der Waals surface area contributed by atoms with E-state index in [9.17, 15) is 4.79 Å². The number of carbonyl (C=O) groups excluding carboxylic acids is 1. The number of rotatable bonds is 8. The Hall–Kier alpha value is -2.45. The Kier molecular flexibility index (Phi) is 6.56. The average Bonchev–Trinajstić information content (AvgIpc) is 3.18. The minimum atomic E-state index is -0.237. The lowest BCUT2D eigenvalue weighted by molar-refractivity contribution is -0.120. The van der Waals surface area contributed by atoms with Crippen molar-refractivity contribution in [1.29, 1.82) is 0 Å². The van der Waals surface area contributed by atoms with Gasteiger partial charge in [-0.3, -0.25) is 4.79 Å². The molecule has 3 rings (SSSR count). The molecule has 0 saturated heterocycles. The molecule has 0 aliphatic carbocycles. The highest BCUT2D eigenvalue weighted by Gasteiger charge is 2.15. The largest absolute Gasteiger partial charge is 0.473 e. The second-order valence-corrected chi connectivity index (χ2v) is 7.88. The van der Waals surface area contributed by atoms with E-state index < -0.39 is 0 Å². The van der Waals surface area contributed by atoms with Gasteiger partial charge >= 0.3 is 0 Å². The number of hydrogen-bond donors (Lipinski definition) is 1. The first-order chi connectivity index (χ1) is 12.7. The molecule has 2 heterocycles. The molecule has 0 bridgehead atoms. The Morgan fingerprint density at radius 2 is 2.12 bits per heavy atom. The summed E-state index contributed by atoms with van der Waals surface area (Å²) in [4.78, 5) is 16.4. The highest BCUT2D eigenvalue weighted by molar-refractivity contribution is 8.02. The van der Waals surface area contributed by atoms with E-state index in [1.54, 1.807) is 11.7 Å². The summed E-state index contributed by atoms with van der Waals surface area (Å²) in [6.45, 7) is 2.73. The molecule has 1 aromatic carbocycles. The van der Waals surface area contributed by atoms with Crippen LogP contribution in [0.15, 0.2) is 58.5 Å². The van der Waals surface area contributed by atoms with Crippen LogP contribution in [0.4, 0.5) is 0 Å². The Labute approximate surface area is 160 Å². The third-order valence-electron chi connectivity index (χ3n) is 3.48. The third-order valence-corrected chi connectivity index (χ3v) is 5.39. The molecule has 2 aromatic heterocycles. The summed E-state index contributed by atoms with van der Waals surface area (Å²) in [6.07, 6.45) is 1.68. The summed E-state index contributed by atoms with van der Waals surface area (Å²) in [7, 11) is 0. The predicted molar refractivity (Wildman–Crippen MR) is 102 cm³/mol. The molecule has 3 aromatic rings. The van der Waals surface area contributed by atoms with Crippen molar-refractivity contribution < 1.29 is 9.53 Å². The monoisotopic (exact) mass is 386 g/mol. The minimum Gasteiger partial charge on any atom is -0.473 e. The molecule has 0 radical (unpaired) electrons. The molecule has 6 nitrogen and oxygen atoms in total. The molecule has 1 N–H and O–H groups in total. The van der Waals surface area contributed by atoms with E-state index in [1.165, 1.54) is 23.1 Å². The average molecular weight is 387 g/mol. The van der Waals surface area contributed by atoms with Crippen LogP contribution in [-0.2, 0) is 17.9 Å². The zero-order valence-electron chi connectivity index (χ0n) is 14.2. The van der Waals surface area contributed by atoms with Gasteiger partial charge in [0.15, 0.2) is 4.34 Å². The standard InChI is InChI=1S/C18H18N4O2S2/c1-13(26-18-22-21-12-25-18)17(23)20-10-15-7-8-19-16(9-15)24-11-14-5-3-2-4-6-14/h2-9,12-13H,10-11H2,1H3,(H,20,23). The number of carbonyl (C=O) groups is 1. The van der Waals surface area contributed by atoms with Gasteiger partial charge in [0.2, 0.25) is 11.8 Å². The van der Waals surface area contributed by atoms with Crippen LogP contribution < -0.4 is 10.1 Å². The number of nitrogens with zero attached hydrogens (tertiary/aromatic N) is 3. The zero-order valence-corrected chi connectivity index (χ0v) is 15.8. The maximum absolute atomic E-state index is 12.2. The van der Waals surface area contributed by atoms with Crippen molar-refractivity contribution >= 4 is 29.0 Å². The van der Waals surface area contributed by atoms with E-state index in [-0.39, 0.29) is 11.2 Å². The van der Waals surface area contributed by atoms with Crippen molar-refractivity contribution in [2.45, 2.75) is 29.7 Å². The van der Waals surface area contributed by atoms with Gasteiger partial charge < -0.3 is 10.1 Å². The van der Waals surface area contributed by atoms with Gasteiger partial charge in [-0.15, -0.1) is 10.2 Å². The first-order valence-electron chi connectivity index (χ1n) is 8.03. The first-order valence-corrected chi connectivity index (χ1v) is 9.79. The SMILES string of the molecule is CC(Sc1nncs1)C(=O)NCc1ccnc(OCc2ccccc2)c1. The Bertz CT molecular complexity index is 828. The van der Waals surface area contributed by atoms with Gasteiger partial charge in [0.1, 0.15) is 12.1 Å². The lowest BCUT2D eigenvalue weighted by Gasteiger charge is -2.11. The molecule has 0 fully saturated rings. The van der Waals surface area contributed by atoms with Crippen LogP contribution in [-0.4, -0.2) is 26.3 Å². The Morgan fingerprint density at radius 1 is 1.27 bits per heavy atom. The topological polar surface area (TPSA) is 77.0 Å². The molecular formula is C18H18N4O2S2. The molecule has 8 heteroatoms. The molecular weight excluding hydrogens is 368 g/mol. The smallest absolute Gasteiger partial charge is 0.233 e. The van der Waals surface area contributed by atoms with Gasteiger partial charge in [-0.2, -0.15) is 0 Å². The fourth-order valence-corrected chi connectivity index (χ4v) is 3.77. The first kappa shape index (κ1) is 18.3. The Balaban J connectivity index is 1.49. The molecule has 0 spiro atoms. The summed E-state index contributed by atoms with van der Waals surface area (Å²) in [6, 6.07) is 13.6. The number of pyridine rings is 1. The van der Waals surface area contributed by atoms with Gasteiger partial charge in [0.25, 0.3) is 0 Å². The summed E-state index contributed by atoms with van der Waals surface area (Å²) >= 11 is 2.82. The lowest BCUT2D eigenvalue weighted by Crippen LogP contribution is -2.30. The summed E-state index contributed by atoms with van der Waals surface area (Å²) < 4.78 is 6.50. The molecule has 26 heavy (non-hydrogen) atoms. The van der Waals surface area contributed by atoms with Crippen LogP contribution >= 0.6 is 23.1 Å². The predicted octanol–water partition coefficient (Wildman–Crippen LogP) is 3.31. The normalized spacial score (nSPS) is 11.7. The van der Waals surface area contributed by atoms with Crippen molar-refractivity contribution in [2.75, 3.05) is 0 Å². The van der Waals surface area contributed by atoms with Crippen molar-refractivity contribution in [1.82, 2.24) is 20.5 Å². The van der Waals surface area contributed by atoms with Gasteiger partial charge in [-0.05, 0) is 24.1 Å². The summed E-state index contributed by atoms with van der Waals surface area (Å²) in [5.41, 5.74) is 3.67. The molecule has 1 atom stereocenters. The van der Waals surface area contributed by atoms with Gasteiger partial charge in [0.05, 0.1) is 5.25 Å². The van der Waals surface area contributed by atoms with E-state index in [4.69, 9.17) is 4.74 Å². The number of benzene rings is 1. The molecule has 134 valence electrons. The third kappa shape index (κ3) is 5.53. The molecule has 0 aliphatic rings. The second-order valence-electron chi connectivity index (χ2n) is 5.46. The molecule has 0 saturated carbocycles. The van der Waals surface area contributed by atoms with E-state index in [0.717, 1.165) is 15.5 Å². The van der Waals surface area contributed by atoms with Gasteiger partial charge in [0, 0.05) is 18.8 Å². The summed E-state index contributed by atoms with van der Waals surface area (Å²) in [5.74, 6) is 0.491. The van der Waals surface area contributed by atoms with Crippen LogP contribution in [0.2, 0.25) is 0 Å². The molecule has 1 amide bonds. The maximum atomic E-state index is 12.2. The van der Waals surface area contributed by atoms with Gasteiger partial charge in [-0.1, -0.05) is 53.4 Å². The van der Waals surface area contributed by atoms with Crippen LogP contribution in [0.25, 0.3) is 0 Å². The zero-order chi connectivity index (χ0) is 18.2. The van der Waals surface area contributed by atoms with E-state index in [0.29, 0.717) is 19.0 Å². The van der Waals surface area contributed by atoms with Crippen molar-refractivity contribution in [3.05, 3.63) is 65.3 Å². The van der Waals surface area contributed by atoms with Crippen LogP contribution in [0.3, 0.4) is 0 Å². The second kappa shape index (κ2) is 9.30.